The van der Waals surface area contributed by atoms with Gasteiger partial charge in [-0.1, -0.05) is 0 Å². The minimum atomic E-state index is -0.382. The summed E-state index contributed by atoms with van der Waals surface area (Å²) in [4.78, 5) is 0. The van der Waals surface area contributed by atoms with Gasteiger partial charge in [0, 0.05) is 12.5 Å². The predicted molar refractivity (Wildman–Crippen MR) is 64.1 cm³/mol. The molecule has 97 valence electrons. The zero-order valence-electron chi connectivity index (χ0n) is 11.1. The van der Waals surface area contributed by atoms with Gasteiger partial charge in [-0.25, -0.2) is 0 Å². The number of ether oxygens (including phenoxy) is 3. The van der Waals surface area contributed by atoms with Crippen LogP contribution in [0.2, 0.25) is 0 Å². The fourth-order valence-electron chi connectivity index (χ4n) is 3.81. The Kier molecular flexibility index (Phi) is 2.77. The molecule has 0 unspecified atom stereocenters. The molecule has 0 aromatic heterocycles. The maximum Gasteiger partial charge on any atom is 0.162 e. The molecule has 17 heavy (non-hydrogen) atoms. The molecule has 1 heterocycles. The van der Waals surface area contributed by atoms with Crippen molar-refractivity contribution in [1.29, 1.82) is 0 Å². The molecule has 0 bridgehead atoms. The Morgan fingerprint density at radius 3 is 2.06 bits per heavy atom. The molecule has 1 spiro atoms. The summed E-state index contributed by atoms with van der Waals surface area (Å²) in [6.45, 7) is 5.75. The van der Waals surface area contributed by atoms with Crippen molar-refractivity contribution in [3.63, 3.8) is 0 Å². The van der Waals surface area contributed by atoms with Gasteiger partial charge in [-0.05, 0) is 51.4 Å². The van der Waals surface area contributed by atoms with E-state index in [4.69, 9.17) is 14.2 Å². The average Bonchev–Trinajstić information content (AvgIpc) is 2.78. The minimum Gasteiger partial charge on any atom is -0.375 e. The Labute approximate surface area is 104 Å². The zero-order chi connectivity index (χ0) is 12.1. The van der Waals surface area contributed by atoms with Crippen molar-refractivity contribution in [2.24, 2.45) is 17.3 Å². The van der Waals surface area contributed by atoms with Crippen molar-refractivity contribution in [1.82, 2.24) is 0 Å². The Morgan fingerprint density at radius 1 is 1.06 bits per heavy atom. The van der Waals surface area contributed by atoms with Gasteiger partial charge in [0.05, 0.1) is 19.3 Å². The van der Waals surface area contributed by atoms with Crippen LogP contribution in [0.3, 0.4) is 0 Å². The molecule has 3 aliphatic rings. The van der Waals surface area contributed by atoms with E-state index in [9.17, 15) is 0 Å². The molecule has 1 aliphatic heterocycles. The van der Waals surface area contributed by atoms with Crippen LogP contribution in [0.5, 0.6) is 0 Å². The van der Waals surface area contributed by atoms with Crippen molar-refractivity contribution in [3.8, 4) is 0 Å². The van der Waals surface area contributed by atoms with E-state index in [-0.39, 0.29) is 5.79 Å². The number of rotatable bonds is 1. The summed E-state index contributed by atoms with van der Waals surface area (Å²) in [7, 11) is 1.81. The normalized spacial score (nSPS) is 39.7. The van der Waals surface area contributed by atoms with Crippen molar-refractivity contribution >= 4 is 0 Å². The highest BCUT2D eigenvalue weighted by Crippen LogP contribution is 2.56. The number of methoxy groups -OCH3 is 1. The lowest BCUT2D eigenvalue weighted by Crippen LogP contribution is -2.45. The summed E-state index contributed by atoms with van der Waals surface area (Å²) in [6.07, 6.45) is 6.12. The SMILES string of the molecule is CO[C]1C[C@H]2CC3(COC(C)(C)OC3)C[C@@H]2C1. The van der Waals surface area contributed by atoms with Gasteiger partial charge in [0.1, 0.15) is 0 Å². The molecule has 3 heteroatoms. The second-order valence-corrected chi connectivity index (χ2v) is 6.56. The van der Waals surface area contributed by atoms with Crippen LogP contribution in [0.1, 0.15) is 39.5 Å². The third-order valence-corrected chi connectivity index (χ3v) is 4.78. The standard InChI is InChI=1S/C14H23O3/c1-13(2)16-8-14(9-17-13)6-10-4-12(15-3)5-11(10)7-14/h10-11H,4-9H2,1-3H3/t10-,11-/m0/s1. The molecule has 0 N–H and O–H groups in total. The molecule has 2 saturated carbocycles. The van der Waals surface area contributed by atoms with Gasteiger partial charge >= 0.3 is 0 Å². The Balaban J connectivity index is 1.63. The molecule has 1 saturated heterocycles. The third-order valence-electron chi connectivity index (χ3n) is 4.78. The van der Waals surface area contributed by atoms with Crippen LogP contribution >= 0.6 is 0 Å². The van der Waals surface area contributed by atoms with Gasteiger partial charge in [0.15, 0.2) is 5.79 Å². The lowest BCUT2D eigenvalue weighted by Gasteiger charge is -2.42. The quantitative estimate of drug-likeness (QED) is 0.704. The van der Waals surface area contributed by atoms with Crippen LogP contribution in [-0.4, -0.2) is 26.1 Å². The van der Waals surface area contributed by atoms with E-state index >= 15 is 0 Å². The molecule has 2 atom stereocenters. The minimum absolute atomic E-state index is 0.296. The van der Waals surface area contributed by atoms with Crippen LogP contribution in [0.15, 0.2) is 0 Å². The summed E-state index contributed by atoms with van der Waals surface area (Å²) in [5, 5.41) is 0. The fourth-order valence-corrected chi connectivity index (χ4v) is 3.81. The number of hydrogen-bond acceptors (Lipinski definition) is 3. The molecule has 0 aromatic carbocycles. The molecule has 3 rings (SSSR count). The largest absolute Gasteiger partial charge is 0.375 e. The highest BCUT2D eigenvalue weighted by atomic mass is 16.7. The van der Waals surface area contributed by atoms with Crippen molar-refractivity contribution in [2.75, 3.05) is 20.3 Å². The van der Waals surface area contributed by atoms with Crippen LogP contribution in [0.25, 0.3) is 0 Å². The average molecular weight is 239 g/mol. The number of hydrogen-bond donors (Lipinski definition) is 0. The number of fused-ring (bicyclic) bond motifs is 1. The van der Waals surface area contributed by atoms with E-state index in [0.717, 1.165) is 37.9 Å². The van der Waals surface area contributed by atoms with Gasteiger partial charge in [-0.2, -0.15) is 0 Å². The van der Waals surface area contributed by atoms with Crippen LogP contribution < -0.4 is 0 Å². The van der Waals surface area contributed by atoms with Crippen molar-refractivity contribution in [3.05, 3.63) is 6.10 Å². The summed E-state index contributed by atoms with van der Waals surface area (Å²) >= 11 is 0. The van der Waals surface area contributed by atoms with Gasteiger partial charge in [-0.3, -0.25) is 0 Å². The van der Waals surface area contributed by atoms with Crippen LogP contribution in [-0.2, 0) is 14.2 Å². The Hall–Kier alpha value is -0.120. The van der Waals surface area contributed by atoms with Crippen molar-refractivity contribution in [2.45, 2.75) is 45.3 Å². The maximum atomic E-state index is 5.86. The second-order valence-electron chi connectivity index (χ2n) is 6.56. The first kappa shape index (κ1) is 11.9. The lowest BCUT2D eigenvalue weighted by molar-refractivity contribution is -0.285. The highest BCUT2D eigenvalue weighted by Gasteiger charge is 2.52. The zero-order valence-corrected chi connectivity index (χ0v) is 11.1. The molecule has 1 radical (unpaired) electrons. The van der Waals surface area contributed by atoms with E-state index in [0.29, 0.717) is 5.41 Å². The second kappa shape index (κ2) is 3.94. The molecule has 0 amide bonds. The molecular formula is C14H23O3. The lowest BCUT2D eigenvalue weighted by atomic mass is 9.84. The first-order chi connectivity index (χ1) is 8.02. The first-order valence-corrected chi connectivity index (χ1v) is 6.69. The summed E-state index contributed by atoms with van der Waals surface area (Å²) in [5.74, 6) is 1.23. The topological polar surface area (TPSA) is 27.7 Å². The monoisotopic (exact) mass is 239 g/mol. The molecule has 2 aliphatic carbocycles. The third kappa shape index (κ3) is 2.13. The molecule has 0 aromatic rings. The summed E-state index contributed by atoms with van der Waals surface area (Å²) in [5.41, 5.74) is 0.296. The first-order valence-electron chi connectivity index (χ1n) is 6.69. The van der Waals surface area contributed by atoms with Crippen molar-refractivity contribution < 1.29 is 14.2 Å². The van der Waals surface area contributed by atoms with Gasteiger partial charge < -0.3 is 14.2 Å². The fraction of sp³-hybridized carbons (Fsp3) is 0.929. The summed E-state index contributed by atoms with van der Waals surface area (Å²) in [6, 6.07) is 0. The smallest absolute Gasteiger partial charge is 0.162 e. The molecule has 3 fully saturated rings. The highest BCUT2D eigenvalue weighted by molar-refractivity contribution is 5.05. The Bertz CT molecular complexity index is 274. The van der Waals surface area contributed by atoms with Gasteiger partial charge in [0.2, 0.25) is 0 Å². The van der Waals surface area contributed by atoms with Gasteiger partial charge in [0.25, 0.3) is 0 Å². The van der Waals surface area contributed by atoms with Gasteiger partial charge in [-0.15, -0.1) is 0 Å². The van der Waals surface area contributed by atoms with E-state index in [1.807, 2.05) is 21.0 Å². The van der Waals surface area contributed by atoms with Crippen LogP contribution in [0.4, 0.5) is 0 Å². The van der Waals surface area contributed by atoms with E-state index in [1.165, 1.54) is 18.9 Å². The van der Waals surface area contributed by atoms with E-state index in [1.54, 1.807) is 0 Å². The van der Waals surface area contributed by atoms with E-state index < -0.39 is 0 Å². The molecule has 3 nitrogen and oxygen atoms in total. The van der Waals surface area contributed by atoms with Crippen LogP contribution in [0, 0.1) is 23.4 Å². The maximum absolute atomic E-state index is 5.86. The summed E-state index contributed by atoms with van der Waals surface area (Å²) < 4.78 is 17.1. The molecular weight excluding hydrogens is 216 g/mol. The predicted octanol–water partition coefficient (Wildman–Crippen LogP) is 2.75. The Morgan fingerprint density at radius 2 is 1.59 bits per heavy atom. The van der Waals surface area contributed by atoms with E-state index in [2.05, 4.69) is 0 Å².